The fourth-order valence-electron chi connectivity index (χ4n) is 1.17. The summed E-state index contributed by atoms with van der Waals surface area (Å²) in [5, 5.41) is 2.87. The first-order chi connectivity index (χ1) is 7.77. The van der Waals surface area contributed by atoms with Crippen molar-refractivity contribution < 1.29 is 4.79 Å². The van der Waals surface area contributed by atoms with Gasteiger partial charge in [0.2, 0.25) is 5.91 Å². The van der Waals surface area contributed by atoms with Gasteiger partial charge in [-0.2, -0.15) is 0 Å². The first-order valence-corrected chi connectivity index (χ1v) is 6.92. The Morgan fingerprint density at radius 2 is 2.00 bits per heavy atom. The molecule has 17 heavy (non-hydrogen) atoms. The van der Waals surface area contributed by atoms with E-state index in [0.29, 0.717) is 11.4 Å². The molecule has 1 aromatic carbocycles. The molecule has 3 N–H and O–H groups in total. The van der Waals surface area contributed by atoms with Crippen molar-refractivity contribution in [3.8, 4) is 0 Å². The van der Waals surface area contributed by atoms with E-state index < -0.39 is 5.41 Å². The normalized spacial score (nSPS) is 11.4. The number of hydrogen-bond acceptors (Lipinski definition) is 2. The molecular formula is C12H16Br2N2O. The van der Waals surface area contributed by atoms with Crippen molar-refractivity contribution in [2.45, 2.75) is 27.2 Å². The predicted octanol–water partition coefficient (Wildman–Crippen LogP) is 4.17. The summed E-state index contributed by atoms with van der Waals surface area (Å²) in [5.41, 5.74) is 6.64. The Labute approximate surface area is 118 Å². The van der Waals surface area contributed by atoms with Crippen LogP contribution in [0.15, 0.2) is 21.1 Å². The summed E-state index contributed by atoms with van der Waals surface area (Å²) in [6.45, 7) is 5.80. The number of benzene rings is 1. The van der Waals surface area contributed by atoms with Crippen molar-refractivity contribution in [1.29, 1.82) is 0 Å². The Kier molecular flexibility index (Phi) is 4.61. The highest BCUT2D eigenvalue weighted by molar-refractivity contribution is 9.11. The van der Waals surface area contributed by atoms with Crippen LogP contribution in [-0.4, -0.2) is 5.91 Å². The van der Waals surface area contributed by atoms with Gasteiger partial charge in [-0.15, -0.1) is 0 Å². The standard InChI is InChI=1S/C12H16Br2N2O/c1-4-12(2,3)11(17)16-10-8(14)5-7(13)6-9(10)15/h5-6H,4,15H2,1-3H3,(H,16,17). The molecule has 0 spiro atoms. The van der Waals surface area contributed by atoms with Gasteiger partial charge in [0.25, 0.3) is 0 Å². The van der Waals surface area contributed by atoms with Crippen LogP contribution < -0.4 is 11.1 Å². The molecule has 0 aliphatic carbocycles. The number of halogens is 2. The minimum Gasteiger partial charge on any atom is -0.397 e. The molecule has 1 amide bonds. The van der Waals surface area contributed by atoms with E-state index in [0.717, 1.165) is 15.4 Å². The van der Waals surface area contributed by atoms with Crippen LogP contribution >= 0.6 is 31.9 Å². The molecule has 0 aliphatic rings. The molecule has 0 aliphatic heterocycles. The third-order valence-electron chi connectivity index (χ3n) is 2.82. The van der Waals surface area contributed by atoms with E-state index in [9.17, 15) is 4.79 Å². The third kappa shape index (κ3) is 3.45. The number of nitrogens with two attached hydrogens (primary N) is 1. The number of nitrogens with one attached hydrogen (secondary N) is 1. The fraction of sp³-hybridized carbons (Fsp3) is 0.417. The minimum absolute atomic E-state index is 0.0327. The Balaban J connectivity index is 3.01. The van der Waals surface area contributed by atoms with Gasteiger partial charge in [0, 0.05) is 14.4 Å². The van der Waals surface area contributed by atoms with Crippen molar-refractivity contribution in [3.63, 3.8) is 0 Å². The maximum absolute atomic E-state index is 12.1. The number of hydrogen-bond donors (Lipinski definition) is 2. The summed E-state index contributed by atoms with van der Waals surface area (Å²) >= 11 is 6.73. The van der Waals surface area contributed by atoms with Gasteiger partial charge in [-0.3, -0.25) is 4.79 Å². The summed E-state index contributed by atoms with van der Waals surface area (Å²) in [6, 6.07) is 3.62. The Hall–Kier alpha value is -0.550. The molecule has 0 saturated carbocycles. The first kappa shape index (κ1) is 14.5. The quantitative estimate of drug-likeness (QED) is 0.792. The second kappa shape index (κ2) is 5.40. The molecule has 0 bridgehead atoms. The van der Waals surface area contributed by atoms with E-state index in [4.69, 9.17) is 5.73 Å². The third-order valence-corrected chi connectivity index (χ3v) is 3.91. The SMILES string of the molecule is CCC(C)(C)C(=O)Nc1c(N)cc(Br)cc1Br. The second-order valence-corrected chi connectivity index (χ2v) is 6.31. The monoisotopic (exact) mass is 362 g/mol. The van der Waals surface area contributed by atoms with Gasteiger partial charge >= 0.3 is 0 Å². The summed E-state index contributed by atoms with van der Waals surface area (Å²) in [4.78, 5) is 12.1. The molecular weight excluding hydrogens is 348 g/mol. The van der Waals surface area contributed by atoms with Gasteiger partial charge in [0.05, 0.1) is 11.4 Å². The first-order valence-electron chi connectivity index (χ1n) is 5.34. The smallest absolute Gasteiger partial charge is 0.230 e. The van der Waals surface area contributed by atoms with Crippen LogP contribution in [0.5, 0.6) is 0 Å². The van der Waals surface area contributed by atoms with Crippen molar-refractivity contribution >= 4 is 49.1 Å². The van der Waals surface area contributed by atoms with Crippen molar-refractivity contribution in [1.82, 2.24) is 0 Å². The largest absolute Gasteiger partial charge is 0.397 e. The van der Waals surface area contributed by atoms with Crippen LogP contribution in [0.4, 0.5) is 11.4 Å². The second-order valence-electron chi connectivity index (χ2n) is 4.54. The molecule has 1 aromatic rings. The number of amides is 1. The highest BCUT2D eigenvalue weighted by atomic mass is 79.9. The van der Waals surface area contributed by atoms with Crippen LogP contribution in [0, 0.1) is 5.41 Å². The van der Waals surface area contributed by atoms with E-state index in [1.165, 1.54) is 0 Å². The van der Waals surface area contributed by atoms with E-state index in [1.807, 2.05) is 26.8 Å². The van der Waals surface area contributed by atoms with Crippen molar-refractivity contribution in [2.75, 3.05) is 11.1 Å². The Morgan fingerprint density at radius 1 is 1.41 bits per heavy atom. The van der Waals surface area contributed by atoms with Gasteiger partial charge in [0.1, 0.15) is 0 Å². The number of nitrogen functional groups attached to an aromatic ring is 1. The molecule has 0 fully saturated rings. The molecule has 94 valence electrons. The van der Waals surface area contributed by atoms with Crippen LogP contribution in [0.1, 0.15) is 27.2 Å². The van der Waals surface area contributed by atoms with Gasteiger partial charge in [-0.1, -0.05) is 36.7 Å². The fourth-order valence-corrected chi connectivity index (χ4v) is 2.53. The predicted molar refractivity (Wildman–Crippen MR) is 79.0 cm³/mol. The molecule has 0 unspecified atom stereocenters. The van der Waals surface area contributed by atoms with Gasteiger partial charge in [0.15, 0.2) is 0 Å². The molecule has 3 nitrogen and oxygen atoms in total. The lowest BCUT2D eigenvalue weighted by atomic mass is 9.89. The van der Waals surface area contributed by atoms with E-state index >= 15 is 0 Å². The highest BCUT2D eigenvalue weighted by Gasteiger charge is 2.26. The molecule has 0 aromatic heterocycles. The maximum atomic E-state index is 12.1. The molecule has 0 atom stereocenters. The van der Waals surface area contributed by atoms with E-state index in [2.05, 4.69) is 37.2 Å². The van der Waals surface area contributed by atoms with Gasteiger partial charge < -0.3 is 11.1 Å². The molecule has 0 radical (unpaired) electrons. The molecule has 0 saturated heterocycles. The summed E-state index contributed by atoms with van der Waals surface area (Å²) < 4.78 is 1.64. The summed E-state index contributed by atoms with van der Waals surface area (Å²) in [6.07, 6.45) is 0.771. The highest BCUT2D eigenvalue weighted by Crippen LogP contribution is 2.34. The van der Waals surface area contributed by atoms with Crippen molar-refractivity contribution in [2.24, 2.45) is 5.41 Å². The Morgan fingerprint density at radius 3 is 2.47 bits per heavy atom. The number of carbonyl (C=O) groups excluding carboxylic acids is 1. The van der Waals surface area contributed by atoms with Gasteiger partial charge in [-0.25, -0.2) is 0 Å². The minimum atomic E-state index is -0.404. The zero-order valence-electron chi connectivity index (χ0n) is 10.1. The zero-order chi connectivity index (χ0) is 13.2. The number of carbonyl (C=O) groups is 1. The average Bonchev–Trinajstić information content (AvgIpc) is 2.22. The topological polar surface area (TPSA) is 55.1 Å². The van der Waals surface area contributed by atoms with E-state index in [-0.39, 0.29) is 5.91 Å². The lowest BCUT2D eigenvalue weighted by molar-refractivity contribution is -0.124. The average molecular weight is 364 g/mol. The van der Waals surface area contributed by atoms with Gasteiger partial charge in [-0.05, 0) is 34.5 Å². The lowest BCUT2D eigenvalue weighted by Gasteiger charge is -2.22. The van der Waals surface area contributed by atoms with Crippen LogP contribution in [0.25, 0.3) is 0 Å². The lowest BCUT2D eigenvalue weighted by Crippen LogP contribution is -2.30. The van der Waals surface area contributed by atoms with Crippen molar-refractivity contribution in [3.05, 3.63) is 21.1 Å². The molecule has 1 rings (SSSR count). The van der Waals surface area contributed by atoms with Crippen LogP contribution in [0.2, 0.25) is 0 Å². The Bertz CT molecular complexity index is 421. The van der Waals surface area contributed by atoms with Crippen LogP contribution in [-0.2, 0) is 4.79 Å². The number of rotatable bonds is 3. The maximum Gasteiger partial charge on any atom is 0.230 e. The summed E-state index contributed by atoms with van der Waals surface area (Å²) in [7, 11) is 0. The summed E-state index contributed by atoms with van der Waals surface area (Å²) in [5.74, 6) is -0.0327. The van der Waals surface area contributed by atoms with E-state index in [1.54, 1.807) is 6.07 Å². The van der Waals surface area contributed by atoms with Crippen LogP contribution in [0.3, 0.4) is 0 Å². The molecule has 5 heteroatoms. The molecule has 0 heterocycles. The zero-order valence-corrected chi connectivity index (χ0v) is 13.3. The number of anilines is 2.